The lowest BCUT2D eigenvalue weighted by Crippen LogP contribution is -2.28. The number of nitrogens with one attached hydrogen (secondary N) is 1. The minimum absolute atomic E-state index is 0.142. The van der Waals surface area contributed by atoms with Gasteiger partial charge in [-0.1, -0.05) is 6.07 Å². The highest BCUT2D eigenvalue weighted by molar-refractivity contribution is 5.76. The summed E-state index contributed by atoms with van der Waals surface area (Å²) in [6, 6.07) is 4.35. The Bertz CT molecular complexity index is 396. The summed E-state index contributed by atoms with van der Waals surface area (Å²) in [6.45, 7) is 2.09. The van der Waals surface area contributed by atoms with Crippen molar-refractivity contribution < 1.29 is 13.9 Å². The van der Waals surface area contributed by atoms with E-state index in [4.69, 9.17) is 10.5 Å². The van der Waals surface area contributed by atoms with Crippen LogP contribution in [0.5, 0.6) is 5.75 Å². The number of halogens is 1. The summed E-state index contributed by atoms with van der Waals surface area (Å²) < 4.78 is 18.3. The van der Waals surface area contributed by atoms with Crippen LogP contribution in [0.2, 0.25) is 0 Å². The van der Waals surface area contributed by atoms with E-state index in [1.165, 1.54) is 19.2 Å². The Labute approximate surface area is 100.0 Å². The van der Waals surface area contributed by atoms with Crippen molar-refractivity contribution in [2.45, 2.75) is 19.4 Å². The molecule has 0 aliphatic heterocycles. The third kappa shape index (κ3) is 3.71. The molecule has 1 amide bonds. The van der Waals surface area contributed by atoms with Crippen molar-refractivity contribution in [2.24, 2.45) is 5.73 Å². The van der Waals surface area contributed by atoms with Gasteiger partial charge in [-0.05, 0) is 24.6 Å². The highest BCUT2D eigenvalue weighted by Crippen LogP contribution is 2.21. The standard InChI is InChI=1S/C12H17FN2O2/c1-8(15-12(16)5-6-14)9-3-4-11(17-2)10(13)7-9/h3-4,7-8H,5-6,14H2,1-2H3,(H,15,16). The van der Waals surface area contributed by atoms with E-state index >= 15 is 0 Å². The van der Waals surface area contributed by atoms with E-state index in [0.717, 1.165) is 0 Å². The number of methoxy groups -OCH3 is 1. The normalized spacial score (nSPS) is 12.0. The van der Waals surface area contributed by atoms with Crippen LogP contribution in [0.3, 0.4) is 0 Å². The van der Waals surface area contributed by atoms with Gasteiger partial charge in [0.05, 0.1) is 13.2 Å². The number of nitrogens with two attached hydrogens (primary N) is 1. The Morgan fingerprint density at radius 2 is 2.29 bits per heavy atom. The Morgan fingerprint density at radius 3 is 2.82 bits per heavy atom. The summed E-state index contributed by atoms with van der Waals surface area (Å²) in [4.78, 5) is 11.3. The van der Waals surface area contributed by atoms with Crippen LogP contribution < -0.4 is 15.8 Å². The van der Waals surface area contributed by atoms with Crippen molar-refractivity contribution in [1.82, 2.24) is 5.32 Å². The molecule has 1 aromatic rings. The lowest BCUT2D eigenvalue weighted by molar-refractivity contribution is -0.121. The van der Waals surface area contributed by atoms with E-state index in [2.05, 4.69) is 5.32 Å². The average Bonchev–Trinajstić information content (AvgIpc) is 2.29. The summed E-state index contributed by atoms with van der Waals surface area (Å²) in [6.07, 6.45) is 0.267. The van der Waals surface area contributed by atoms with E-state index in [1.807, 2.05) is 0 Å². The first-order valence-corrected chi connectivity index (χ1v) is 5.41. The van der Waals surface area contributed by atoms with Crippen LogP contribution in [0.15, 0.2) is 18.2 Å². The molecule has 1 rings (SSSR count). The molecule has 0 radical (unpaired) electrons. The molecule has 4 nitrogen and oxygen atoms in total. The van der Waals surface area contributed by atoms with E-state index in [9.17, 15) is 9.18 Å². The van der Waals surface area contributed by atoms with Gasteiger partial charge >= 0.3 is 0 Å². The number of carbonyl (C=O) groups excluding carboxylic acids is 1. The largest absolute Gasteiger partial charge is 0.494 e. The van der Waals surface area contributed by atoms with Crippen LogP contribution in [0.4, 0.5) is 4.39 Å². The lowest BCUT2D eigenvalue weighted by Gasteiger charge is -2.14. The molecule has 94 valence electrons. The van der Waals surface area contributed by atoms with Gasteiger partial charge < -0.3 is 15.8 Å². The molecule has 0 heterocycles. The van der Waals surface area contributed by atoms with Gasteiger partial charge in [0.1, 0.15) is 0 Å². The molecule has 0 aliphatic rings. The summed E-state index contributed by atoms with van der Waals surface area (Å²) >= 11 is 0. The molecule has 1 aromatic carbocycles. The summed E-state index contributed by atoms with van der Waals surface area (Å²) in [5.74, 6) is -0.393. The fourth-order valence-corrected chi connectivity index (χ4v) is 1.48. The van der Waals surface area contributed by atoms with Gasteiger partial charge in [-0.3, -0.25) is 4.79 Å². The molecular weight excluding hydrogens is 223 g/mol. The van der Waals surface area contributed by atoms with Gasteiger partial charge in [0, 0.05) is 13.0 Å². The Morgan fingerprint density at radius 1 is 1.59 bits per heavy atom. The first-order valence-electron chi connectivity index (χ1n) is 5.41. The first kappa shape index (κ1) is 13.4. The predicted octanol–water partition coefficient (Wildman–Crippen LogP) is 1.36. The Balaban J connectivity index is 2.72. The molecule has 0 bridgehead atoms. The molecule has 0 fully saturated rings. The molecule has 0 saturated carbocycles. The number of rotatable bonds is 5. The van der Waals surface area contributed by atoms with Crippen molar-refractivity contribution in [2.75, 3.05) is 13.7 Å². The van der Waals surface area contributed by atoms with Crippen LogP contribution >= 0.6 is 0 Å². The Hall–Kier alpha value is -1.62. The topological polar surface area (TPSA) is 64.3 Å². The van der Waals surface area contributed by atoms with Crippen molar-refractivity contribution in [3.63, 3.8) is 0 Å². The van der Waals surface area contributed by atoms with Crippen LogP contribution in [0, 0.1) is 5.82 Å². The zero-order chi connectivity index (χ0) is 12.8. The molecule has 0 saturated heterocycles. The number of benzene rings is 1. The van der Waals surface area contributed by atoms with Crippen molar-refractivity contribution in [3.8, 4) is 5.75 Å². The number of amides is 1. The number of hydrogen-bond acceptors (Lipinski definition) is 3. The van der Waals surface area contributed by atoms with Crippen LogP contribution in [0.25, 0.3) is 0 Å². The molecule has 1 atom stereocenters. The van der Waals surface area contributed by atoms with Gasteiger partial charge in [-0.15, -0.1) is 0 Å². The van der Waals surface area contributed by atoms with E-state index in [-0.39, 0.29) is 24.1 Å². The van der Waals surface area contributed by atoms with Crippen LogP contribution in [0.1, 0.15) is 24.9 Å². The zero-order valence-electron chi connectivity index (χ0n) is 10.00. The highest BCUT2D eigenvalue weighted by Gasteiger charge is 2.11. The number of ether oxygens (including phenoxy) is 1. The molecule has 17 heavy (non-hydrogen) atoms. The summed E-state index contributed by atoms with van der Waals surface area (Å²) in [7, 11) is 1.41. The smallest absolute Gasteiger partial charge is 0.221 e. The van der Waals surface area contributed by atoms with Gasteiger partial charge in [0.15, 0.2) is 11.6 Å². The van der Waals surface area contributed by atoms with Crippen molar-refractivity contribution in [1.29, 1.82) is 0 Å². The predicted molar refractivity (Wildman–Crippen MR) is 63.2 cm³/mol. The van der Waals surface area contributed by atoms with Gasteiger partial charge in [0.2, 0.25) is 5.91 Å². The van der Waals surface area contributed by atoms with Gasteiger partial charge in [0.25, 0.3) is 0 Å². The van der Waals surface area contributed by atoms with E-state index in [0.29, 0.717) is 12.1 Å². The van der Waals surface area contributed by atoms with Crippen LogP contribution in [-0.2, 0) is 4.79 Å². The Kier molecular flexibility index (Phi) is 4.90. The molecule has 0 aliphatic carbocycles. The fraction of sp³-hybridized carbons (Fsp3) is 0.417. The second-order valence-corrected chi connectivity index (χ2v) is 3.72. The zero-order valence-corrected chi connectivity index (χ0v) is 10.00. The summed E-state index contributed by atoms with van der Waals surface area (Å²) in [5, 5.41) is 2.74. The number of hydrogen-bond donors (Lipinski definition) is 2. The maximum absolute atomic E-state index is 13.4. The third-order valence-corrected chi connectivity index (χ3v) is 2.42. The minimum atomic E-state index is -0.440. The summed E-state index contributed by atoms with van der Waals surface area (Å²) in [5.41, 5.74) is 5.96. The molecule has 5 heteroatoms. The molecular formula is C12H17FN2O2. The second-order valence-electron chi connectivity index (χ2n) is 3.72. The average molecular weight is 240 g/mol. The van der Waals surface area contributed by atoms with Crippen LogP contribution in [-0.4, -0.2) is 19.6 Å². The third-order valence-electron chi connectivity index (χ3n) is 2.42. The number of carbonyl (C=O) groups is 1. The lowest BCUT2D eigenvalue weighted by atomic mass is 10.1. The first-order chi connectivity index (χ1) is 8.08. The fourth-order valence-electron chi connectivity index (χ4n) is 1.48. The molecule has 3 N–H and O–H groups in total. The monoisotopic (exact) mass is 240 g/mol. The SMILES string of the molecule is COc1ccc(C(C)NC(=O)CCN)cc1F. The van der Waals surface area contributed by atoms with Gasteiger partial charge in [-0.2, -0.15) is 0 Å². The maximum Gasteiger partial charge on any atom is 0.221 e. The van der Waals surface area contributed by atoms with Crippen molar-refractivity contribution in [3.05, 3.63) is 29.6 Å². The quantitative estimate of drug-likeness (QED) is 0.816. The minimum Gasteiger partial charge on any atom is -0.494 e. The van der Waals surface area contributed by atoms with E-state index in [1.54, 1.807) is 13.0 Å². The van der Waals surface area contributed by atoms with Crippen molar-refractivity contribution >= 4 is 5.91 Å². The van der Waals surface area contributed by atoms with Gasteiger partial charge in [-0.25, -0.2) is 4.39 Å². The molecule has 0 aromatic heterocycles. The molecule has 0 spiro atoms. The highest BCUT2D eigenvalue weighted by atomic mass is 19.1. The second kappa shape index (κ2) is 6.20. The molecule has 1 unspecified atom stereocenters. The van der Waals surface area contributed by atoms with E-state index < -0.39 is 5.82 Å². The maximum atomic E-state index is 13.4.